The number of benzene rings is 1. The molecule has 0 unspecified atom stereocenters. The van der Waals surface area contributed by atoms with E-state index in [0.717, 1.165) is 5.56 Å². The second kappa shape index (κ2) is 7.49. The fourth-order valence-corrected chi connectivity index (χ4v) is 3.27. The van der Waals surface area contributed by atoms with Crippen molar-refractivity contribution in [1.29, 1.82) is 0 Å². The number of aromatic nitrogens is 2. The van der Waals surface area contributed by atoms with E-state index in [2.05, 4.69) is 33.5 Å². The normalized spacial score (nSPS) is 10.7. The van der Waals surface area contributed by atoms with Crippen molar-refractivity contribution in [3.8, 4) is 0 Å². The molecule has 0 bridgehead atoms. The number of aryl methyl sites for hydroxylation is 2. The number of nitrogens with zero attached hydrogens (tertiary/aromatic N) is 1. The topological polar surface area (TPSA) is 114 Å². The Hall–Kier alpha value is -3.00. The van der Waals surface area contributed by atoms with Crippen molar-refractivity contribution in [2.75, 3.05) is 11.1 Å². The standard InChI is InChI=1S/C18H18N4O3S/c1-10-5-6-11(2)12(8-10)9-26-18-21-15(19)14(17(24)22-18)20-16(23)13-4-3-7-25-13/h3-8H,9H2,1-2H3,(H,20,23)(H3,19,21,22,24). The number of nitrogen functional groups attached to an aromatic ring is 1. The Morgan fingerprint density at radius 2 is 2.15 bits per heavy atom. The smallest absolute Gasteiger partial charge is 0.291 e. The number of rotatable bonds is 5. The molecule has 7 nitrogen and oxygen atoms in total. The number of hydrogen-bond donors (Lipinski definition) is 3. The highest BCUT2D eigenvalue weighted by molar-refractivity contribution is 7.98. The minimum Gasteiger partial charge on any atom is -0.459 e. The Morgan fingerprint density at radius 1 is 1.35 bits per heavy atom. The van der Waals surface area contributed by atoms with Crippen LogP contribution in [-0.4, -0.2) is 15.9 Å². The number of amides is 1. The summed E-state index contributed by atoms with van der Waals surface area (Å²) in [5.74, 6) is 0.118. The first-order valence-corrected chi connectivity index (χ1v) is 8.86. The quantitative estimate of drug-likeness (QED) is 0.470. The summed E-state index contributed by atoms with van der Waals surface area (Å²) in [6, 6.07) is 9.28. The molecule has 4 N–H and O–H groups in total. The van der Waals surface area contributed by atoms with Crippen LogP contribution in [0.15, 0.2) is 51.0 Å². The fourth-order valence-electron chi connectivity index (χ4n) is 2.34. The first-order valence-electron chi connectivity index (χ1n) is 7.87. The predicted molar refractivity (Wildman–Crippen MR) is 101 cm³/mol. The summed E-state index contributed by atoms with van der Waals surface area (Å²) in [5.41, 5.74) is 8.74. The van der Waals surface area contributed by atoms with Gasteiger partial charge in [0.25, 0.3) is 11.5 Å². The Kier molecular flexibility index (Phi) is 5.13. The summed E-state index contributed by atoms with van der Waals surface area (Å²) < 4.78 is 4.99. The maximum Gasteiger partial charge on any atom is 0.291 e. The third-order valence-corrected chi connectivity index (χ3v) is 4.70. The van der Waals surface area contributed by atoms with E-state index in [-0.39, 0.29) is 17.3 Å². The van der Waals surface area contributed by atoms with Crippen molar-refractivity contribution >= 4 is 29.2 Å². The van der Waals surface area contributed by atoms with Gasteiger partial charge in [-0.05, 0) is 37.1 Å². The zero-order valence-electron chi connectivity index (χ0n) is 14.3. The van der Waals surface area contributed by atoms with E-state index in [1.165, 1.54) is 35.2 Å². The van der Waals surface area contributed by atoms with Gasteiger partial charge in [-0.1, -0.05) is 35.5 Å². The van der Waals surface area contributed by atoms with Gasteiger partial charge in [-0.3, -0.25) is 14.6 Å². The minimum absolute atomic E-state index is 0.0443. The first-order chi connectivity index (χ1) is 12.4. The zero-order chi connectivity index (χ0) is 18.7. The van der Waals surface area contributed by atoms with Gasteiger partial charge in [0.05, 0.1) is 6.26 Å². The molecule has 2 heterocycles. The monoisotopic (exact) mass is 370 g/mol. The van der Waals surface area contributed by atoms with Crippen LogP contribution in [0.25, 0.3) is 0 Å². The third kappa shape index (κ3) is 3.97. The van der Waals surface area contributed by atoms with E-state index < -0.39 is 11.5 Å². The summed E-state index contributed by atoms with van der Waals surface area (Å²) in [6.07, 6.45) is 1.37. The third-order valence-electron chi connectivity index (χ3n) is 3.78. The zero-order valence-corrected chi connectivity index (χ0v) is 15.1. The molecule has 1 amide bonds. The molecule has 2 aromatic heterocycles. The summed E-state index contributed by atoms with van der Waals surface area (Å²) in [6.45, 7) is 4.06. The first kappa shape index (κ1) is 17.8. The molecular formula is C18H18N4O3S. The second-order valence-electron chi connectivity index (χ2n) is 5.78. The van der Waals surface area contributed by atoms with Gasteiger partial charge in [0.15, 0.2) is 22.4 Å². The van der Waals surface area contributed by atoms with E-state index in [4.69, 9.17) is 10.2 Å². The number of aromatic amines is 1. The summed E-state index contributed by atoms with van der Waals surface area (Å²) in [7, 11) is 0. The minimum atomic E-state index is -0.565. The number of furan rings is 1. The molecule has 0 spiro atoms. The van der Waals surface area contributed by atoms with Gasteiger partial charge < -0.3 is 15.5 Å². The molecule has 3 rings (SSSR count). The molecule has 26 heavy (non-hydrogen) atoms. The van der Waals surface area contributed by atoms with Crippen LogP contribution in [0.5, 0.6) is 0 Å². The molecule has 0 saturated carbocycles. The van der Waals surface area contributed by atoms with E-state index in [0.29, 0.717) is 10.9 Å². The van der Waals surface area contributed by atoms with Gasteiger partial charge in [0.1, 0.15) is 0 Å². The molecule has 0 saturated heterocycles. The van der Waals surface area contributed by atoms with Gasteiger partial charge in [-0.2, -0.15) is 0 Å². The van der Waals surface area contributed by atoms with E-state index in [1.807, 2.05) is 13.8 Å². The SMILES string of the molecule is Cc1ccc(C)c(CSc2nc(N)c(NC(=O)c3ccco3)c(=O)[nH]2)c1. The van der Waals surface area contributed by atoms with Crippen molar-refractivity contribution in [3.63, 3.8) is 0 Å². The number of nitrogens with two attached hydrogens (primary N) is 1. The lowest BCUT2D eigenvalue weighted by molar-refractivity contribution is 0.0996. The number of carbonyl (C=O) groups is 1. The second-order valence-corrected chi connectivity index (χ2v) is 6.75. The van der Waals surface area contributed by atoms with E-state index in [1.54, 1.807) is 6.07 Å². The Labute approximate surface area is 154 Å². The molecule has 8 heteroatoms. The van der Waals surface area contributed by atoms with Crippen LogP contribution in [0.4, 0.5) is 11.5 Å². The summed E-state index contributed by atoms with van der Waals surface area (Å²) in [4.78, 5) is 31.1. The number of nitrogens with one attached hydrogen (secondary N) is 2. The number of thioether (sulfide) groups is 1. The van der Waals surface area contributed by atoms with Crippen LogP contribution >= 0.6 is 11.8 Å². The number of H-pyrrole nitrogens is 1. The molecule has 3 aromatic rings. The van der Waals surface area contributed by atoms with Crippen LogP contribution in [0.1, 0.15) is 27.2 Å². The summed E-state index contributed by atoms with van der Waals surface area (Å²) >= 11 is 1.37. The average molecular weight is 370 g/mol. The summed E-state index contributed by atoms with van der Waals surface area (Å²) in [5, 5.41) is 2.82. The molecule has 0 fully saturated rings. The molecule has 0 aliphatic heterocycles. The largest absolute Gasteiger partial charge is 0.459 e. The highest BCUT2D eigenvalue weighted by Crippen LogP contribution is 2.23. The van der Waals surface area contributed by atoms with Crippen molar-refractivity contribution in [3.05, 3.63) is 69.4 Å². The molecule has 0 atom stereocenters. The predicted octanol–water partition coefficient (Wildman–Crippen LogP) is 3.11. The number of anilines is 2. The van der Waals surface area contributed by atoms with Crippen LogP contribution in [-0.2, 0) is 5.75 Å². The fraction of sp³-hybridized carbons (Fsp3) is 0.167. The van der Waals surface area contributed by atoms with Gasteiger partial charge in [-0.25, -0.2) is 4.98 Å². The van der Waals surface area contributed by atoms with Crippen molar-refractivity contribution < 1.29 is 9.21 Å². The van der Waals surface area contributed by atoms with Gasteiger partial charge in [0, 0.05) is 5.75 Å². The van der Waals surface area contributed by atoms with E-state index >= 15 is 0 Å². The lowest BCUT2D eigenvalue weighted by Gasteiger charge is -2.09. The number of hydrogen-bond acceptors (Lipinski definition) is 6. The van der Waals surface area contributed by atoms with Crippen LogP contribution in [0.2, 0.25) is 0 Å². The lowest BCUT2D eigenvalue weighted by atomic mass is 10.1. The molecule has 134 valence electrons. The van der Waals surface area contributed by atoms with Gasteiger partial charge >= 0.3 is 0 Å². The maximum absolute atomic E-state index is 12.3. The molecule has 0 radical (unpaired) electrons. The Bertz CT molecular complexity index is 996. The van der Waals surface area contributed by atoms with Crippen molar-refractivity contribution in [2.45, 2.75) is 24.8 Å². The molecule has 0 aliphatic rings. The van der Waals surface area contributed by atoms with Crippen molar-refractivity contribution in [1.82, 2.24) is 9.97 Å². The Balaban J connectivity index is 1.75. The van der Waals surface area contributed by atoms with Gasteiger partial charge in [-0.15, -0.1) is 0 Å². The average Bonchev–Trinajstić information content (AvgIpc) is 3.13. The lowest BCUT2D eigenvalue weighted by Crippen LogP contribution is -2.22. The van der Waals surface area contributed by atoms with E-state index in [9.17, 15) is 9.59 Å². The molecule has 1 aromatic carbocycles. The van der Waals surface area contributed by atoms with Crippen LogP contribution in [0.3, 0.4) is 0 Å². The highest BCUT2D eigenvalue weighted by Gasteiger charge is 2.15. The Morgan fingerprint density at radius 3 is 2.85 bits per heavy atom. The maximum atomic E-state index is 12.3. The van der Waals surface area contributed by atoms with Crippen LogP contribution < -0.4 is 16.6 Å². The highest BCUT2D eigenvalue weighted by atomic mass is 32.2. The number of carbonyl (C=O) groups excluding carboxylic acids is 1. The van der Waals surface area contributed by atoms with Crippen LogP contribution in [0, 0.1) is 13.8 Å². The van der Waals surface area contributed by atoms with Gasteiger partial charge in [0.2, 0.25) is 0 Å². The van der Waals surface area contributed by atoms with Crippen molar-refractivity contribution in [2.24, 2.45) is 0 Å². The molecule has 0 aliphatic carbocycles. The molecular weight excluding hydrogens is 352 g/mol.